The van der Waals surface area contributed by atoms with Gasteiger partial charge < -0.3 is 0 Å². The molecular weight excluding hydrogens is 353 g/mol. The fourth-order valence-electron chi connectivity index (χ4n) is 2.92. The van der Waals surface area contributed by atoms with E-state index in [2.05, 4.69) is 29.9 Å². The minimum atomic E-state index is -1.71. The summed E-state index contributed by atoms with van der Waals surface area (Å²) in [4.78, 5) is 12.2. The van der Waals surface area contributed by atoms with Gasteiger partial charge in [-0.25, -0.2) is 0 Å². The number of hydrogen-bond acceptors (Lipinski definition) is 4. The summed E-state index contributed by atoms with van der Waals surface area (Å²) in [5, 5.41) is 3.43. The average Bonchev–Trinajstić information content (AvgIpc) is 2.76. The summed E-state index contributed by atoms with van der Waals surface area (Å²) in [6.07, 6.45) is 1.38. The number of rotatable bonds is 6. The molecule has 0 aliphatic carbocycles. The molecule has 0 aromatic rings. The van der Waals surface area contributed by atoms with Gasteiger partial charge >= 0.3 is 123 Å². The maximum absolute atomic E-state index is 6.00. The van der Waals surface area contributed by atoms with Gasteiger partial charge in [-0.05, 0) is 0 Å². The van der Waals surface area contributed by atoms with Crippen molar-refractivity contribution in [2.75, 3.05) is 73.8 Å². The van der Waals surface area contributed by atoms with E-state index < -0.39 is 18.8 Å². The Bertz CT molecular complexity index is 264. The third-order valence-electron chi connectivity index (χ3n) is 3.91. The first-order chi connectivity index (χ1) is 9.03. The van der Waals surface area contributed by atoms with Gasteiger partial charge in [0.2, 0.25) is 0 Å². The summed E-state index contributed by atoms with van der Waals surface area (Å²) in [5.41, 5.74) is 0. The Labute approximate surface area is 123 Å². The van der Waals surface area contributed by atoms with Crippen LogP contribution in [-0.4, -0.2) is 83.6 Å². The van der Waals surface area contributed by atoms with Crippen molar-refractivity contribution in [1.82, 2.24) is 15.1 Å². The molecule has 2 aliphatic rings. The van der Waals surface area contributed by atoms with E-state index in [0.29, 0.717) is 0 Å². The summed E-state index contributed by atoms with van der Waals surface area (Å²) < 4.78 is 6.00. The molecule has 2 aliphatic heterocycles. The number of halogens is 1. The van der Waals surface area contributed by atoms with Crippen molar-refractivity contribution in [2.24, 2.45) is 5.92 Å². The fraction of sp³-hybridized carbons (Fsp3) is 1.00. The zero-order chi connectivity index (χ0) is 13.7. The zero-order valence-electron chi connectivity index (χ0n) is 12.8. The van der Waals surface area contributed by atoms with Crippen LogP contribution in [0.1, 0.15) is 6.42 Å². The minimum absolute atomic E-state index is 0.883. The van der Waals surface area contributed by atoms with Crippen molar-refractivity contribution in [3.05, 3.63) is 0 Å². The van der Waals surface area contributed by atoms with Gasteiger partial charge in [0.05, 0.1) is 0 Å². The predicted molar refractivity (Wildman–Crippen MR) is 77.6 cm³/mol. The number of likely N-dealkylation sites (tertiary alicyclic amines) is 1. The molecule has 0 saturated carbocycles. The van der Waals surface area contributed by atoms with E-state index in [1.165, 1.54) is 52.2 Å². The predicted octanol–water partition coefficient (Wildman–Crippen LogP) is -2.81. The second kappa shape index (κ2) is 7.54. The molecule has 4 nitrogen and oxygen atoms in total. The van der Waals surface area contributed by atoms with Crippen LogP contribution in [0.4, 0.5) is 0 Å². The van der Waals surface area contributed by atoms with Crippen molar-refractivity contribution in [2.45, 2.75) is 6.42 Å². The Kier molecular flexibility index (Phi) is 6.33. The molecule has 5 heteroatoms. The van der Waals surface area contributed by atoms with E-state index in [1.54, 1.807) is 0 Å². The van der Waals surface area contributed by atoms with Crippen molar-refractivity contribution in [3.63, 3.8) is 0 Å². The Morgan fingerprint density at radius 2 is 1.84 bits per heavy atom. The first kappa shape index (κ1) is 15.9. The monoisotopic (exact) mass is 384 g/mol. The van der Waals surface area contributed by atoms with Gasteiger partial charge in [0, 0.05) is 0 Å². The topological polar surface area (TPSA) is 27.7 Å². The second-order valence-electron chi connectivity index (χ2n) is 6.42. The summed E-state index contributed by atoms with van der Waals surface area (Å²) >= 11 is -1.71. The molecule has 0 unspecified atom stereocenters. The third kappa shape index (κ3) is 6.25. The molecule has 2 rings (SSSR count). The molecule has 0 amide bonds. The van der Waals surface area contributed by atoms with Gasteiger partial charge in [0.25, 0.3) is 0 Å². The van der Waals surface area contributed by atoms with Crippen molar-refractivity contribution < 1.29 is 21.9 Å². The van der Waals surface area contributed by atoms with Gasteiger partial charge in [-0.3, -0.25) is 0 Å². The summed E-state index contributed by atoms with van der Waals surface area (Å²) in [5.74, 6) is 0.883. The van der Waals surface area contributed by atoms with Crippen LogP contribution in [0.2, 0.25) is 0 Å². The molecule has 2 saturated heterocycles. The Morgan fingerprint density at radius 1 is 1.11 bits per heavy atom. The molecular formula is C14H31IN3O-. The first-order valence-electron chi connectivity index (χ1n) is 7.41. The molecule has 19 heavy (non-hydrogen) atoms. The Hall–Kier alpha value is 0.570. The maximum atomic E-state index is 6.00. The van der Waals surface area contributed by atoms with Crippen LogP contribution in [0.3, 0.4) is 0 Å². The number of hydrogen-bond donors (Lipinski definition) is 1. The Balaban J connectivity index is 1.60. The SMILES string of the molecule is C[I-](C)(C)OCCN1CC[C@H](CN2CCNCC2)C1. The molecule has 0 spiro atoms. The van der Waals surface area contributed by atoms with Gasteiger partial charge in [-0.15, -0.1) is 0 Å². The molecule has 0 aromatic carbocycles. The zero-order valence-corrected chi connectivity index (χ0v) is 15.0. The van der Waals surface area contributed by atoms with Crippen molar-refractivity contribution >= 4 is 0 Å². The standard InChI is InChI=1S/C14H31IN3O/c1-15(2,3)19-11-10-17-7-4-14(12-17)13-18-8-5-16-6-9-18/h14,16H,4-13H2,1-3H3/q-1/t14-/m0/s1. The first-order valence-corrected chi connectivity index (χ1v) is 14.8. The summed E-state index contributed by atoms with van der Waals surface area (Å²) in [6, 6.07) is 0. The quantitative estimate of drug-likeness (QED) is 0.396. The average molecular weight is 384 g/mol. The molecule has 0 bridgehead atoms. The van der Waals surface area contributed by atoms with E-state index in [4.69, 9.17) is 3.07 Å². The van der Waals surface area contributed by atoms with Gasteiger partial charge in [-0.1, -0.05) is 0 Å². The van der Waals surface area contributed by atoms with Gasteiger partial charge in [0.1, 0.15) is 0 Å². The molecule has 0 radical (unpaired) electrons. The van der Waals surface area contributed by atoms with Crippen LogP contribution in [0, 0.1) is 5.92 Å². The number of piperazine rings is 1. The van der Waals surface area contributed by atoms with Crippen LogP contribution in [0.25, 0.3) is 0 Å². The molecule has 116 valence electrons. The van der Waals surface area contributed by atoms with Crippen molar-refractivity contribution in [3.8, 4) is 0 Å². The van der Waals surface area contributed by atoms with E-state index in [1.807, 2.05) is 0 Å². The van der Waals surface area contributed by atoms with Gasteiger partial charge in [-0.2, -0.15) is 0 Å². The van der Waals surface area contributed by atoms with Crippen molar-refractivity contribution in [1.29, 1.82) is 0 Å². The third-order valence-corrected chi connectivity index (χ3v) is 6.22. The van der Waals surface area contributed by atoms with Crippen LogP contribution < -0.4 is 24.2 Å². The van der Waals surface area contributed by atoms with E-state index in [9.17, 15) is 0 Å². The number of nitrogens with one attached hydrogen (secondary N) is 1. The van der Waals surface area contributed by atoms with Crippen LogP contribution in [0.5, 0.6) is 0 Å². The summed E-state index contributed by atoms with van der Waals surface area (Å²) in [6.45, 7) is 10.7. The Morgan fingerprint density at radius 3 is 2.53 bits per heavy atom. The fourth-order valence-corrected chi connectivity index (χ4v) is 4.44. The van der Waals surface area contributed by atoms with Crippen LogP contribution in [-0.2, 0) is 3.07 Å². The normalized spacial score (nSPS) is 27.8. The van der Waals surface area contributed by atoms with E-state index in [-0.39, 0.29) is 0 Å². The molecule has 2 heterocycles. The second-order valence-corrected chi connectivity index (χ2v) is 16.2. The van der Waals surface area contributed by atoms with E-state index >= 15 is 0 Å². The summed E-state index contributed by atoms with van der Waals surface area (Å²) in [7, 11) is 0. The van der Waals surface area contributed by atoms with Gasteiger partial charge in [0.15, 0.2) is 0 Å². The van der Waals surface area contributed by atoms with E-state index in [0.717, 1.165) is 19.1 Å². The van der Waals surface area contributed by atoms with Crippen LogP contribution >= 0.6 is 0 Å². The molecule has 1 N–H and O–H groups in total. The van der Waals surface area contributed by atoms with Crippen LogP contribution in [0.15, 0.2) is 0 Å². The number of nitrogens with zero attached hydrogens (tertiary/aromatic N) is 2. The molecule has 1 atom stereocenters. The molecule has 2 fully saturated rings. The molecule has 0 aromatic heterocycles. The number of alkyl halides is 3.